The lowest BCUT2D eigenvalue weighted by molar-refractivity contribution is -0.147. The zero-order valence-corrected chi connectivity index (χ0v) is 14.9. The molecule has 0 aromatic rings. The van der Waals surface area contributed by atoms with Crippen molar-refractivity contribution in [3.05, 3.63) is 0 Å². The van der Waals surface area contributed by atoms with E-state index in [2.05, 4.69) is 10.2 Å². The van der Waals surface area contributed by atoms with E-state index in [1.165, 1.54) is 19.3 Å². The van der Waals surface area contributed by atoms with Crippen LogP contribution in [0, 0.1) is 23.2 Å². The van der Waals surface area contributed by atoms with Gasteiger partial charge in [0, 0.05) is 31.6 Å². The number of hydrogen-bond donors (Lipinski definition) is 2. The van der Waals surface area contributed by atoms with Gasteiger partial charge in [0.25, 0.3) is 0 Å². The lowest BCUT2D eigenvalue weighted by atomic mass is 9.49. The van der Waals surface area contributed by atoms with Crippen LogP contribution >= 0.6 is 0 Å². The highest BCUT2D eigenvalue weighted by atomic mass is 16.5. The summed E-state index contributed by atoms with van der Waals surface area (Å²) in [5.41, 5.74) is -1.00. The summed E-state index contributed by atoms with van der Waals surface area (Å²) < 4.78 is 5.36. The standard InChI is InChI=1S/C19H32N2O3/c1-18(23,13-21-2-4-24-5-3-21)12-20-17(22)19-9-14-6-15(10-19)8-16(7-14)11-19/h14-16,23H,2-13H2,1H3,(H,20,22). The van der Waals surface area contributed by atoms with Crippen LogP contribution in [0.4, 0.5) is 0 Å². The fourth-order valence-corrected chi connectivity index (χ4v) is 6.14. The average Bonchev–Trinajstić information content (AvgIpc) is 2.52. The lowest BCUT2D eigenvalue weighted by Crippen LogP contribution is -2.57. The maximum atomic E-state index is 13.0. The molecule has 0 spiro atoms. The summed E-state index contributed by atoms with van der Waals surface area (Å²) in [6.45, 7) is 5.97. The normalized spacial score (nSPS) is 41.2. The number of aliphatic hydroxyl groups is 1. The Balaban J connectivity index is 1.32. The van der Waals surface area contributed by atoms with Crippen LogP contribution in [0.15, 0.2) is 0 Å². The van der Waals surface area contributed by atoms with E-state index in [-0.39, 0.29) is 11.3 Å². The minimum atomic E-state index is -0.880. The monoisotopic (exact) mass is 336 g/mol. The predicted molar refractivity (Wildman–Crippen MR) is 91.5 cm³/mol. The van der Waals surface area contributed by atoms with Crippen LogP contribution in [0.2, 0.25) is 0 Å². The van der Waals surface area contributed by atoms with E-state index in [4.69, 9.17) is 4.74 Å². The first-order chi connectivity index (χ1) is 11.4. The molecule has 5 heteroatoms. The van der Waals surface area contributed by atoms with Gasteiger partial charge in [-0.3, -0.25) is 9.69 Å². The van der Waals surface area contributed by atoms with Crippen LogP contribution in [0.25, 0.3) is 0 Å². The highest BCUT2D eigenvalue weighted by Gasteiger charge is 2.54. The van der Waals surface area contributed by atoms with Crippen LogP contribution in [0.3, 0.4) is 0 Å². The molecule has 1 aliphatic heterocycles. The van der Waals surface area contributed by atoms with E-state index in [1.807, 2.05) is 6.92 Å². The van der Waals surface area contributed by atoms with Crippen molar-refractivity contribution in [2.75, 3.05) is 39.4 Å². The van der Waals surface area contributed by atoms with Gasteiger partial charge in [-0.15, -0.1) is 0 Å². The molecule has 1 amide bonds. The predicted octanol–water partition coefficient (Wildman–Crippen LogP) is 1.40. The van der Waals surface area contributed by atoms with Crippen molar-refractivity contribution in [2.24, 2.45) is 23.2 Å². The lowest BCUT2D eigenvalue weighted by Gasteiger charge is -2.55. The maximum absolute atomic E-state index is 13.0. The van der Waals surface area contributed by atoms with Gasteiger partial charge in [0.05, 0.1) is 18.8 Å². The van der Waals surface area contributed by atoms with E-state index in [0.29, 0.717) is 13.1 Å². The van der Waals surface area contributed by atoms with Crippen LogP contribution in [0.5, 0.6) is 0 Å². The molecule has 5 aliphatic rings. The number of nitrogens with zero attached hydrogens (tertiary/aromatic N) is 1. The zero-order valence-electron chi connectivity index (χ0n) is 14.9. The Bertz CT molecular complexity index is 450. The van der Waals surface area contributed by atoms with Gasteiger partial charge < -0.3 is 15.2 Å². The highest BCUT2D eigenvalue weighted by molar-refractivity contribution is 5.83. The van der Waals surface area contributed by atoms with E-state index < -0.39 is 5.60 Å². The topological polar surface area (TPSA) is 61.8 Å². The molecule has 2 N–H and O–H groups in total. The molecule has 5 rings (SSSR count). The first-order valence-electron chi connectivity index (χ1n) is 9.75. The summed E-state index contributed by atoms with van der Waals surface area (Å²) in [4.78, 5) is 15.2. The fourth-order valence-electron chi connectivity index (χ4n) is 6.14. The van der Waals surface area contributed by atoms with Gasteiger partial charge >= 0.3 is 0 Å². The van der Waals surface area contributed by atoms with Crippen molar-refractivity contribution in [1.82, 2.24) is 10.2 Å². The summed E-state index contributed by atoms with van der Waals surface area (Å²) >= 11 is 0. The van der Waals surface area contributed by atoms with Crippen LogP contribution in [0.1, 0.15) is 45.4 Å². The second-order valence-corrected chi connectivity index (χ2v) is 9.27. The third-order valence-corrected chi connectivity index (χ3v) is 6.82. The van der Waals surface area contributed by atoms with Crippen molar-refractivity contribution in [2.45, 2.75) is 51.0 Å². The molecule has 4 bridgehead atoms. The number of hydrogen-bond acceptors (Lipinski definition) is 4. The second-order valence-electron chi connectivity index (χ2n) is 9.27. The van der Waals surface area contributed by atoms with Gasteiger partial charge in [0.2, 0.25) is 5.91 Å². The molecule has 1 heterocycles. The van der Waals surface area contributed by atoms with Crippen molar-refractivity contribution >= 4 is 5.91 Å². The maximum Gasteiger partial charge on any atom is 0.226 e. The van der Waals surface area contributed by atoms with E-state index >= 15 is 0 Å². The highest BCUT2D eigenvalue weighted by Crippen LogP contribution is 2.60. The van der Waals surface area contributed by atoms with Crippen molar-refractivity contribution in [3.8, 4) is 0 Å². The Morgan fingerprint density at radius 3 is 2.25 bits per heavy atom. The van der Waals surface area contributed by atoms with E-state index in [9.17, 15) is 9.90 Å². The molecule has 5 nitrogen and oxygen atoms in total. The summed E-state index contributed by atoms with van der Waals surface area (Å²) in [5.74, 6) is 2.53. The van der Waals surface area contributed by atoms with Gasteiger partial charge in [0.1, 0.15) is 0 Å². The molecule has 4 aliphatic carbocycles. The first kappa shape index (κ1) is 16.8. The molecule has 0 radical (unpaired) electrons. The summed E-state index contributed by atoms with van der Waals surface area (Å²) in [7, 11) is 0. The quantitative estimate of drug-likeness (QED) is 0.797. The van der Waals surface area contributed by atoms with Gasteiger partial charge in [-0.25, -0.2) is 0 Å². The Kier molecular flexibility index (Phi) is 4.38. The first-order valence-corrected chi connectivity index (χ1v) is 9.75. The van der Waals surface area contributed by atoms with Crippen LogP contribution in [-0.4, -0.2) is 60.9 Å². The number of rotatable bonds is 5. The Labute approximate surface area is 145 Å². The van der Waals surface area contributed by atoms with Crippen LogP contribution in [-0.2, 0) is 9.53 Å². The van der Waals surface area contributed by atoms with Gasteiger partial charge in [0.15, 0.2) is 0 Å². The Hall–Kier alpha value is -0.650. The fraction of sp³-hybridized carbons (Fsp3) is 0.947. The van der Waals surface area contributed by atoms with Crippen LogP contribution < -0.4 is 5.32 Å². The number of amides is 1. The molecule has 1 unspecified atom stereocenters. The van der Waals surface area contributed by atoms with Gasteiger partial charge in [-0.1, -0.05) is 0 Å². The number of morpholine rings is 1. The molecule has 4 saturated carbocycles. The molecular formula is C19H32N2O3. The minimum absolute atomic E-state index is 0.121. The molecular weight excluding hydrogens is 304 g/mol. The Morgan fingerprint density at radius 1 is 1.17 bits per heavy atom. The summed E-state index contributed by atoms with van der Waals surface area (Å²) in [5, 5.41) is 13.8. The number of nitrogens with one attached hydrogen (secondary N) is 1. The third kappa shape index (κ3) is 3.35. The van der Waals surface area contributed by atoms with E-state index in [0.717, 1.165) is 63.3 Å². The summed E-state index contributed by atoms with van der Waals surface area (Å²) in [6.07, 6.45) is 7.28. The van der Waals surface area contributed by atoms with Crippen molar-refractivity contribution in [3.63, 3.8) is 0 Å². The molecule has 5 fully saturated rings. The summed E-state index contributed by atoms with van der Waals surface area (Å²) in [6, 6.07) is 0. The number of β-amino-alcohol motifs (C(OH)–C–C–N with tert-alkyl or cyclic N) is 1. The minimum Gasteiger partial charge on any atom is -0.387 e. The third-order valence-electron chi connectivity index (χ3n) is 6.82. The molecule has 1 saturated heterocycles. The number of carbonyl (C=O) groups is 1. The van der Waals surface area contributed by atoms with Gasteiger partial charge in [-0.05, 0) is 63.2 Å². The van der Waals surface area contributed by atoms with Crippen molar-refractivity contribution < 1.29 is 14.6 Å². The largest absolute Gasteiger partial charge is 0.387 e. The molecule has 24 heavy (non-hydrogen) atoms. The van der Waals surface area contributed by atoms with Gasteiger partial charge in [-0.2, -0.15) is 0 Å². The number of ether oxygens (including phenoxy) is 1. The number of carbonyl (C=O) groups excluding carboxylic acids is 1. The second kappa shape index (κ2) is 6.26. The smallest absolute Gasteiger partial charge is 0.226 e. The molecule has 0 aromatic carbocycles. The molecule has 1 atom stereocenters. The SMILES string of the molecule is CC(O)(CNC(=O)C12CC3CC(CC(C3)C1)C2)CN1CCOCC1. The zero-order chi connectivity index (χ0) is 16.8. The van der Waals surface area contributed by atoms with Crippen molar-refractivity contribution in [1.29, 1.82) is 0 Å². The Morgan fingerprint density at radius 2 is 1.71 bits per heavy atom. The van der Waals surface area contributed by atoms with E-state index in [1.54, 1.807) is 0 Å². The average molecular weight is 336 g/mol. The molecule has 0 aromatic heterocycles. The molecule has 136 valence electrons.